The van der Waals surface area contributed by atoms with Crippen LogP contribution in [0.3, 0.4) is 0 Å². The largest absolute Gasteiger partial charge is 0.378 e. The molecule has 0 bridgehead atoms. The van der Waals surface area contributed by atoms with Gasteiger partial charge in [-0.15, -0.1) is 16.4 Å². The predicted octanol–water partition coefficient (Wildman–Crippen LogP) is 1.29. The molecular weight excluding hydrogens is 382 g/mol. The lowest BCUT2D eigenvalue weighted by Crippen LogP contribution is -2.27. The summed E-state index contributed by atoms with van der Waals surface area (Å²) in [5, 5.41) is 21.6. The minimum absolute atomic E-state index is 0.00612. The number of aromatic nitrogens is 5. The first-order valence-corrected chi connectivity index (χ1v) is 9.56. The summed E-state index contributed by atoms with van der Waals surface area (Å²) in [4.78, 5) is 16.0. The molecule has 28 heavy (non-hydrogen) atoms. The Kier molecular flexibility index (Phi) is 6.11. The van der Waals surface area contributed by atoms with Crippen molar-refractivity contribution in [3.05, 3.63) is 33.8 Å². The van der Waals surface area contributed by atoms with Gasteiger partial charge >= 0.3 is 0 Å². The van der Waals surface area contributed by atoms with Gasteiger partial charge in [0.05, 0.1) is 5.71 Å². The molecule has 11 nitrogen and oxygen atoms in total. The zero-order valence-electron chi connectivity index (χ0n) is 15.8. The minimum Gasteiger partial charge on any atom is -0.378 e. The third kappa shape index (κ3) is 4.07. The number of hydrazone groups is 1. The van der Waals surface area contributed by atoms with Crippen LogP contribution in [0.2, 0.25) is 0 Å². The standard InChI is InChI=1S/C16H21N9O2S/c1-4-24(5-2)9-11-13(25(23-19-11)15-14(17)21-27-22-15)16(26)20-18-10(3)12-7-6-8-28-12/h6-8H,4-5,9H2,1-3H3,(H2,17,21)(H,20,26)/b18-10-. The Morgan fingerprint density at radius 1 is 1.39 bits per heavy atom. The van der Waals surface area contributed by atoms with Crippen molar-refractivity contribution in [1.29, 1.82) is 0 Å². The number of nitrogens with zero attached hydrogens (tertiary/aromatic N) is 7. The molecule has 0 saturated carbocycles. The van der Waals surface area contributed by atoms with Crippen LogP contribution >= 0.6 is 11.3 Å². The number of thiophene rings is 1. The predicted molar refractivity (Wildman–Crippen MR) is 104 cm³/mol. The fourth-order valence-electron chi connectivity index (χ4n) is 2.52. The second-order valence-electron chi connectivity index (χ2n) is 5.85. The van der Waals surface area contributed by atoms with E-state index in [1.54, 1.807) is 0 Å². The Bertz CT molecular complexity index is 957. The first-order valence-electron chi connectivity index (χ1n) is 8.68. The van der Waals surface area contributed by atoms with Crippen LogP contribution in [0.5, 0.6) is 0 Å². The van der Waals surface area contributed by atoms with Crippen molar-refractivity contribution in [3.63, 3.8) is 0 Å². The zero-order chi connectivity index (χ0) is 20.1. The molecule has 3 aromatic heterocycles. The topological polar surface area (TPSA) is 140 Å². The van der Waals surface area contributed by atoms with Crippen LogP contribution < -0.4 is 11.2 Å². The first kappa shape index (κ1) is 19.6. The fourth-order valence-corrected chi connectivity index (χ4v) is 3.20. The molecule has 3 N–H and O–H groups in total. The fraction of sp³-hybridized carbons (Fsp3) is 0.375. The summed E-state index contributed by atoms with van der Waals surface area (Å²) in [5.74, 6) is -0.375. The van der Waals surface area contributed by atoms with E-state index in [1.807, 2.05) is 38.3 Å². The lowest BCUT2D eigenvalue weighted by molar-refractivity contribution is 0.0944. The molecule has 0 fully saturated rings. The monoisotopic (exact) mass is 403 g/mol. The first-order chi connectivity index (χ1) is 13.5. The second-order valence-corrected chi connectivity index (χ2v) is 6.79. The van der Waals surface area contributed by atoms with Gasteiger partial charge in [0.15, 0.2) is 5.69 Å². The number of anilines is 1. The number of hydrogen-bond acceptors (Lipinski definition) is 10. The summed E-state index contributed by atoms with van der Waals surface area (Å²) >= 11 is 1.53. The molecule has 148 valence electrons. The lowest BCUT2D eigenvalue weighted by atomic mass is 10.2. The highest BCUT2D eigenvalue weighted by molar-refractivity contribution is 7.12. The van der Waals surface area contributed by atoms with E-state index >= 15 is 0 Å². The Morgan fingerprint density at radius 3 is 2.79 bits per heavy atom. The summed E-state index contributed by atoms with van der Waals surface area (Å²) in [5.41, 5.74) is 9.68. The van der Waals surface area contributed by atoms with Gasteiger partial charge in [-0.2, -0.15) is 9.78 Å². The van der Waals surface area contributed by atoms with Crippen molar-refractivity contribution >= 4 is 28.8 Å². The van der Waals surface area contributed by atoms with Crippen LogP contribution in [0.25, 0.3) is 5.82 Å². The normalized spacial score (nSPS) is 11.9. The van der Waals surface area contributed by atoms with Crippen molar-refractivity contribution in [3.8, 4) is 5.82 Å². The maximum atomic E-state index is 12.9. The maximum Gasteiger partial charge on any atom is 0.292 e. The van der Waals surface area contributed by atoms with Crippen molar-refractivity contribution in [2.24, 2.45) is 5.10 Å². The van der Waals surface area contributed by atoms with E-state index in [0.717, 1.165) is 18.0 Å². The SMILES string of the molecule is CCN(CC)Cc1nnn(-c2nonc2N)c1C(=O)N/N=C(/C)c1cccs1. The van der Waals surface area contributed by atoms with Gasteiger partial charge in [0.1, 0.15) is 5.69 Å². The summed E-state index contributed by atoms with van der Waals surface area (Å²) in [6.07, 6.45) is 0. The number of carbonyl (C=O) groups is 1. The van der Waals surface area contributed by atoms with Gasteiger partial charge < -0.3 is 5.73 Å². The summed E-state index contributed by atoms with van der Waals surface area (Å²) in [6.45, 7) is 7.91. The third-order valence-corrected chi connectivity index (χ3v) is 5.10. The van der Waals surface area contributed by atoms with Crippen LogP contribution in [-0.2, 0) is 6.54 Å². The van der Waals surface area contributed by atoms with E-state index < -0.39 is 5.91 Å². The number of carbonyl (C=O) groups excluding carboxylic acids is 1. The molecule has 0 unspecified atom stereocenters. The van der Waals surface area contributed by atoms with Crippen LogP contribution in [0, 0.1) is 0 Å². The third-order valence-electron chi connectivity index (χ3n) is 4.12. The number of hydrogen-bond donors (Lipinski definition) is 2. The zero-order valence-corrected chi connectivity index (χ0v) is 16.6. The molecule has 3 heterocycles. The lowest BCUT2D eigenvalue weighted by Gasteiger charge is -2.16. The molecule has 0 aliphatic heterocycles. The van der Waals surface area contributed by atoms with Gasteiger partial charge in [-0.25, -0.2) is 10.1 Å². The highest BCUT2D eigenvalue weighted by Gasteiger charge is 2.25. The average Bonchev–Trinajstić information content (AvgIpc) is 3.44. The molecule has 3 aromatic rings. The number of nitrogens with one attached hydrogen (secondary N) is 1. The molecule has 0 aliphatic carbocycles. The Hall–Kier alpha value is -3.12. The Balaban J connectivity index is 1.94. The number of nitrogens with two attached hydrogens (primary N) is 1. The van der Waals surface area contributed by atoms with E-state index in [1.165, 1.54) is 16.0 Å². The molecule has 12 heteroatoms. The van der Waals surface area contributed by atoms with E-state index in [9.17, 15) is 4.79 Å². The van der Waals surface area contributed by atoms with Crippen molar-refractivity contribution in [2.75, 3.05) is 18.8 Å². The highest BCUT2D eigenvalue weighted by atomic mass is 32.1. The molecule has 1 amide bonds. The number of nitrogen functional groups attached to an aromatic ring is 1. The van der Waals surface area contributed by atoms with Gasteiger partial charge in [-0.1, -0.05) is 25.1 Å². The Labute approximate surface area is 165 Å². The van der Waals surface area contributed by atoms with Crippen LogP contribution in [0.15, 0.2) is 27.2 Å². The molecule has 0 atom stereocenters. The van der Waals surface area contributed by atoms with Crippen LogP contribution in [-0.4, -0.2) is 54.9 Å². The molecule has 0 aromatic carbocycles. The van der Waals surface area contributed by atoms with Gasteiger partial charge in [0.25, 0.3) is 5.91 Å². The van der Waals surface area contributed by atoms with E-state index in [-0.39, 0.29) is 17.3 Å². The van der Waals surface area contributed by atoms with Crippen molar-refractivity contribution in [2.45, 2.75) is 27.3 Å². The molecule has 3 rings (SSSR count). The van der Waals surface area contributed by atoms with Crippen molar-refractivity contribution in [1.82, 2.24) is 35.6 Å². The molecule has 0 radical (unpaired) electrons. The molecule has 0 spiro atoms. The number of rotatable bonds is 8. The molecular formula is C16H21N9O2S. The van der Waals surface area contributed by atoms with Gasteiger partial charge in [0.2, 0.25) is 11.6 Å². The Morgan fingerprint density at radius 2 is 2.18 bits per heavy atom. The van der Waals surface area contributed by atoms with Gasteiger partial charge in [0, 0.05) is 11.4 Å². The van der Waals surface area contributed by atoms with Crippen LogP contribution in [0.1, 0.15) is 41.8 Å². The van der Waals surface area contributed by atoms with E-state index in [2.05, 4.69) is 40.7 Å². The van der Waals surface area contributed by atoms with E-state index in [0.29, 0.717) is 18.0 Å². The summed E-state index contributed by atoms with van der Waals surface area (Å²) in [6, 6.07) is 3.84. The van der Waals surface area contributed by atoms with Crippen LogP contribution in [0.4, 0.5) is 5.82 Å². The minimum atomic E-state index is -0.481. The van der Waals surface area contributed by atoms with E-state index in [4.69, 9.17) is 5.73 Å². The second kappa shape index (κ2) is 8.71. The van der Waals surface area contributed by atoms with Crippen molar-refractivity contribution < 1.29 is 9.42 Å². The van der Waals surface area contributed by atoms with Gasteiger partial charge in [-0.05, 0) is 41.8 Å². The molecule has 0 saturated heterocycles. The summed E-state index contributed by atoms with van der Waals surface area (Å²) in [7, 11) is 0. The highest BCUT2D eigenvalue weighted by Crippen LogP contribution is 2.17. The molecule has 0 aliphatic rings. The maximum absolute atomic E-state index is 12.9. The van der Waals surface area contributed by atoms with Gasteiger partial charge in [-0.3, -0.25) is 9.69 Å². The summed E-state index contributed by atoms with van der Waals surface area (Å²) < 4.78 is 5.85. The quantitative estimate of drug-likeness (QED) is 0.423. The average molecular weight is 403 g/mol. The number of amides is 1. The smallest absolute Gasteiger partial charge is 0.292 e.